The minimum atomic E-state index is 0.670. The second-order valence-electron chi connectivity index (χ2n) is 19.8. The van der Waals surface area contributed by atoms with Crippen molar-refractivity contribution in [3.8, 4) is 73.2 Å². The van der Waals surface area contributed by atoms with Crippen LogP contribution in [0.5, 0.6) is 0 Å². The third-order valence-electron chi connectivity index (χ3n) is 15.3. The third kappa shape index (κ3) is 7.01. The van der Waals surface area contributed by atoms with Crippen molar-refractivity contribution < 1.29 is 0 Å². The Labute approximate surface area is 439 Å². The fraction of sp³-hybridized carbons (Fsp3) is 0.0141. The molecular weight excluding hydrogens is 923 g/mol. The highest BCUT2D eigenvalue weighted by molar-refractivity contribution is 6.13. The van der Waals surface area contributed by atoms with Crippen molar-refractivity contribution in [3.05, 3.63) is 272 Å². The van der Waals surface area contributed by atoms with E-state index in [2.05, 4.69) is 281 Å². The molecule has 0 saturated heterocycles. The molecule has 76 heavy (non-hydrogen) atoms. The van der Waals surface area contributed by atoms with Gasteiger partial charge < -0.3 is 13.7 Å². The molecule has 0 saturated carbocycles. The van der Waals surface area contributed by atoms with Gasteiger partial charge in [-0.05, 0) is 103 Å². The Hall–Kier alpha value is -10.1. The summed E-state index contributed by atoms with van der Waals surface area (Å²) in [5.41, 5.74) is 20.3. The van der Waals surface area contributed by atoms with Crippen LogP contribution in [0, 0.1) is 6.92 Å². The van der Waals surface area contributed by atoms with Crippen LogP contribution in [0.1, 0.15) is 5.56 Å². The smallest absolute Gasteiger partial charge is 0.160 e. The van der Waals surface area contributed by atoms with Gasteiger partial charge in [-0.15, -0.1) is 0 Å². The van der Waals surface area contributed by atoms with Gasteiger partial charge in [-0.3, -0.25) is 0 Å². The number of fused-ring (bicyclic) bond motifs is 9. The Kier molecular flexibility index (Phi) is 10.0. The first-order valence-electron chi connectivity index (χ1n) is 26.0. The van der Waals surface area contributed by atoms with E-state index in [9.17, 15) is 0 Å². The quantitative estimate of drug-likeness (QED) is 0.152. The van der Waals surface area contributed by atoms with E-state index >= 15 is 0 Å². The fourth-order valence-electron chi connectivity index (χ4n) is 11.9. The monoisotopic (exact) mass is 969 g/mol. The number of benzene rings is 11. The van der Waals surface area contributed by atoms with Crippen LogP contribution in [0.25, 0.3) is 139 Å². The molecule has 0 spiro atoms. The Morgan fingerprint density at radius 1 is 0.263 bits per heavy atom. The van der Waals surface area contributed by atoms with E-state index in [-0.39, 0.29) is 0 Å². The topological polar surface area (TPSA) is 40.6 Å². The van der Waals surface area contributed by atoms with E-state index in [0.29, 0.717) is 5.82 Å². The van der Waals surface area contributed by atoms with Crippen LogP contribution in [0.15, 0.2) is 267 Å². The second kappa shape index (κ2) is 17.5. The molecule has 11 aromatic carbocycles. The summed E-state index contributed by atoms with van der Waals surface area (Å²) >= 11 is 0. The normalized spacial score (nSPS) is 11.8. The molecule has 5 nitrogen and oxygen atoms in total. The summed E-state index contributed by atoms with van der Waals surface area (Å²) in [5.74, 6) is 0.670. The van der Waals surface area contributed by atoms with Crippen LogP contribution in [-0.2, 0) is 0 Å². The van der Waals surface area contributed by atoms with Gasteiger partial charge in [0.1, 0.15) is 0 Å². The zero-order chi connectivity index (χ0) is 50.3. The van der Waals surface area contributed by atoms with Crippen molar-refractivity contribution in [2.24, 2.45) is 0 Å². The van der Waals surface area contributed by atoms with Crippen molar-refractivity contribution in [2.75, 3.05) is 0 Å². The maximum Gasteiger partial charge on any atom is 0.160 e. The maximum absolute atomic E-state index is 5.50. The second-order valence-corrected chi connectivity index (χ2v) is 19.8. The molecule has 0 aliphatic carbocycles. The molecule has 5 heteroatoms. The summed E-state index contributed by atoms with van der Waals surface area (Å²) in [6.07, 6.45) is 0. The Morgan fingerprint density at radius 3 is 1.13 bits per heavy atom. The van der Waals surface area contributed by atoms with Gasteiger partial charge in [0.2, 0.25) is 0 Å². The number of aromatic nitrogens is 5. The molecule has 15 aromatic rings. The molecule has 0 radical (unpaired) electrons. The highest BCUT2D eigenvalue weighted by Crippen LogP contribution is 2.46. The van der Waals surface area contributed by atoms with Crippen molar-refractivity contribution in [1.29, 1.82) is 0 Å². The van der Waals surface area contributed by atoms with Crippen molar-refractivity contribution in [2.45, 2.75) is 6.92 Å². The van der Waals surface area contributed by atoms with Crippen molar-refractivity contribution >= 4 is 65.4 Å². The zero-order valence-corrected chi connectivity index (χ0v) is 41.6. The molecule has 0 atom stereocenters. The van der Waals surface area contributed by atoms with Crippen LogP contribution in [0.4, 0.5) is 0 Å². The number of para-hydroxylation sites is 5. The largest absolute Gasteiger partial charge is 0.309 e. The van der Waals surface area contributed by atoms with Crippen LogP contribution in [-0.4, -0.2) is 23.7 Å². The van der Waals surface area contributed by atoms with Crippen LogP contribution in [0.3, 0.4) is 0 Å². The highest BCUT2D eigenvalue weighted by Gasteiger charge is 2.24. The van der Waals surface area contributed by atoms with E-state index in [4.69, 9.17) is 9.97 Å². The summed E-state index contributed by atoms with van der Waals surface area (Å²) in [7, 11) is 0. The molecule has 0 aliphatic heterocycles. The predicted molar refractivity (Wildman–Crippen MR) is 317 cm³/mol. The fourth-order valence-corrected chi connectivity index (χ4v) is 11.9. The minimum Gasteiger partial charge on any atom is -0.309 e. The average Bonchev–Trinajstić information content (AvgIpc) is 4.15. The summed E-state index contributed by atoms with van der Waals surface area (Å²) in [6, 6.07) is 96.7. The molecule has 0 bridgehead atoms. The van der Waals surface area contributed by atoms with Gasteiger partial charge in [0.15, 0.2) is 5.82 Å². The molecule has 0 N–H and O–H groups in total. The Bertz CT molecular complexity index is 4430. The van der Waals surface area contributed by atoms with E-state index in [1.165, 1.54) is 37.9 Å². The molecule has 4 aromatic heterocycles. The molecule has 0 fully saturated rings. The maximum atomic E-state index is 5.50. The van der Waals surface area contributed by atoms with Crippen LogP contribution < -0.4 is 0 Å². The van der Waals surface area contributed by atoms with Crippen LogP contribution >= 0.6 is 0 Å². The third-order valence-corrected chi connectivity index (χ3v) is 15.3. The minimum absolute atomic E-state index is 0.670. The van der Waals surface area contributed by atoms with Gasteiger partial charge >= 0.3 is 0 Å². The lowest BCUT2D eigenvalue weighted by Crippen LogP contribution is -2.04. The number of hydrogen-bond donors (Lipinski definition) is 0. The lowest BCUT2D eigenvalue weighted by molar-refractivity contribution is 1.16. The van der Waals surface area contributed by atoms with Crippen LogP contribution in [0.2, 0.25) is 0 Å². The first-order chi connectivity index (χ1) is 37.6. The van der Waals surface area contributed by atoms with Gasteiger partial charge in [0.25, 0.3) is 0 Å². The summed E-state index contributed by atoms with van der Waals surface area (Å²) in [6.45, 7) is 2.19. The number of rotatable bonds is 8. The van der Waals surface area contributed by atoms with E-state index in [1.807, 2.05) is 6.07 Å². The van der Waals surface area contributed by atoms with Gasteiger partial charge in [-0.1, -0.05) is 188 Å². The van der Waals surface area contributed by atoms with Gasteiger partial charge in [-0.25, -0.2) is 9.97 Å². The Morgan fingerprint density at radius 2 is 0.645 bits per heavy atom. The lowest BCUT2D eigenvalue weighted by Gasteiger charge is -2.22. The molecule has 0 aliphatic rings. The van der Waals surface area contributed by atoms with Gasteiger partial charge in [-0.2, -0.15) is 0 Å². The van der Waals surface area contributed by atoms with Gasteiger partial charge in [0.05, 0.1) is 50.2 Å². The van der Waals surface area contributed by atoms with Crippen molar-refractivity contribution in [1.82, 2.24) is 23.7 Å². The molecular formula is C71H47N5. The first kappa shape index (κ1) is 43.5. The predicted octanol–water partition coefficient (Wildman–Crippen LogP) is 18.4. The number of hydrogen-bond acceptors (Lipinski definition) is 2. The average molecular weight is 970 g/mol. The molecule has 4 heterocycles. The Balaban J connectivity index is 1.08. The molecule has 0 unspecified atom stereocenters. The molecule has 356 valence electrons. The lowest BCUT2D eigenvalue weighted by atomic mass is 9.91. The first-order valence-corrected chi connectivity index (χ1v) is 26.0. The molecule has 15 rings (SSSR count). The number of aryl methyl sites for hydroxylation is 1. The van der Waals surface area contributed by atoms with Crippen molar-refractivity contribution in [3.63, 3.8) is 0 Å². The SMILES string of the molecule is Cc1ccc2c(c1)c1ccccc1n2-c1c(-c2cccc(-n3c4ccccc4c4ccccc43)c2)cc(-c2cc(-c3ccccc3)nc(-c3ccccc3)n2)cc1-c1cccc(-n2c3ccccc3c3ccccc32)c1. The summed E-state index contributed by atoms with van der Waals surface area (Å²) in [5, 5.41) is 7.32. The highest BCUT2D eigenvalue weighted by atomic mass is 15.0. The number of nitrogens with zero attached hydrogens (tertiary/aromatic N) is 5. The summed E-state index contributed by atoms with van der Waals surface area (Å²) in [4.78, 5) is 10.8. The van der Waals surface area contributed by atoms with Gasteiger partial charge in [0, 0.05) is 71.5 Å². The van der Waals surface area contributed by atoms with E-state index in [0.717, 1.165) is 100 Å². The molecule has 0 amide bonds. The summed E-state index contributed by atoms with van der Waals surface area (Å²) < 4.78 is 7.35. The van der Waals surface area contributed by atoms with E-state index < -0.39 is 0 Å². The zero-order valence-electron chi connectivity index (χ0n) is 41.6. The standard InChI is InChI=1S/C71H47N5/c1-46-38-39-69-61(40-46)58-32-12-17-37-68(58)76(69)70-59(49-24-18-26-52(41-49)74-64-33-13-8-28-54(64)55-29-9-14-34-65(55)74)43-51(63-45-62(47-20-4-2-5-21-47)72-71(73-63)48-22-6-3-7-23-48)44-60(70)50-25-19-27-53(42-50)75-66-35-15-10-30-56(66)57-31-11-16-36-67(57)75/h2-45H,1H3. The van der Waals surface area contributed by atoms with E-state index in [1.54, 1.807) is 0 Å².